The highest BCUT2D eigenvalue weighted by atomic mass is 16.6. The quantitative estimate of drug-likeness (QED) is 0.613. The Balaban J connectivity index is 2.57. The van der Waals surface area contributed by atoms with Gasteiger partial charge < -0.3 is 4.74 Å². The van der Waals surface area contributed by atoms with Crippen LogP contribution in [0.3, 0.4) is 0 Å². The fourth-order valence-corrected chi connectivity index (χ4v) is 1.69. The van der Waals surface area contributed by atoms with Crippen molar-refractivity contribution in [3.05, 3.63) is 40.6 Å². The van der Waals surface area contributed by atoms with Crippen molar-refractivity contribution in [2.24, 2.45) is 0 Å². The smallest absolute Gasteiger partial charge is 0.279 e. The molecular formula is C13H14N2O3. The molecule has 1 aromatic carbocycles. The third-order valence-corrected chi connectivity index (χ3v) is 2.81. The molecule has 0 spiro atoms. The molecule has 1 atom stereocenters. The van der Waals surface area contributed by atoms with Crippen LogP contribution in [0.4, 0.5) is 5.69 Å². The minimum Gasteiger partial charge on any atom is -0.488 e. The van der Waals surface area contributed by atoms with E-state index in [4.69, 9.17) is 4.74 Å². The lowest BCUT2D eigenvalue weighted by molar-refractivity contribution is -0.383. The van der Waals surface area contributed by atoms with Crippen LogP contribution in [-0.2, 0) is 0 Å². The highest BCUT2D eigenvalue weighted by Gasteiger charge is 2.16. The summed E-state index contributed by atoms with van der Waals surface area (Å²) in [4.78, 5) is 14.7. The maximum Gasteiger partial charge on any atom is 0.279 e. The van der Waals surface area contributed by atoms with E-state index in [1.165, 1.54) is 6.07 Å². The maximum atomic E-state index is 10.9. The third-order valence-electron chi connectivity index (χ3n) is 2.81. The van der Waals surface area contributed by atoms with E-state index >= 15 is 0 Å². The van der Waals surface area contributed by atoms with Crippen molar-refractivity contribution in [2.45, 2.75) is 26.4 Å². The zero-order valence-corrected chi connectivity index (χ0v) is 10.3. The van der Waals surface area contributed by atoms with E-state index in [-0.39, 0.29) is 11.8 Å². The van der Waals surface area contributed by atoms with Crippen LogP contribution in [0.5, 0.6) is 5.75 Å². The van der Waals surface area contributed by atoms with E-state index in [0.29, 0.717) is 16.7 Å². The Hall–Kier alpha value is -2.17. The number of nitro benzene ring substituents is 1. The first kappa shape index (κ1) is 12.3. The molecule has 94 valence electrons. The Morgan fingerprint density at radius 1 is 1.44 bits per heavy atom. The minimum atomic E-state index is -0.406. The van der Waals surface area contributed by atoms with Crippen molar-refractivity contribution in [1.82, 2.24) is 4.98 Å². The molecule has 0 saturated heterocycles. The molecule has 2 aromatic rings. The summed E-state index contributed by atoms with van der Waals surface area (Å²) in [6.07, 6.45) is 2.53. The van der Waals surface area contributed by atoms with E-state index in [2.05, 4.69) is 4.98 Å². The first-order valence-corrected chi connectivity index (χ1v) is 5.82. The molecule has 5 heteroatoms. The highest BCUT2D eigenvalue weighted by molar-refractivity contribution is 5.92. The molecule has 18 heavy (non-hydrogen) atoms. The number of rotatable bonds is 4. The highest BCUT2D eigenvalue weighted by Crippen LogP contribution is 2.31. The van der Waals surface area contributed by atoms with Gasteiger partial charge in [-0.1, -0.05) is 6.92 Å². The zero-order chi connectivity index (χ0) is 13.1. The van der Waals surface area contributed by atoms with Crippen LogP contribution in [-0.4, -0.2) is 16.0 Å². The predicted octanol–water partition coefficient (Wildman–Crippen LogP) is 3.32. The Kier molecular flexibility index (Phi) is 3.41. The molecule has 5 nitrogen and oxygen atoms in total. The monoisotopic (exact) mass is 246 g/mol. The first-order valence-electron chi connectivity index (χ1n) is 5.82. The Morgan fingerprint density at radius 2 is 2.22 bits per heavy atom. The summed E-state index contributed by atoms with van der Waals surface area (Å²) in [7, 11) is 0. The number of pyridine rings is 1. The lowest BCUT2D eigenvalue weighted by Crippen LogP contribution is -2.10. The van der Waals surface area contributed by atoms with Crippen LogP contribution < -0.4 is 4.74 Å². The normalized spacial score (nSPS) is 12.3. The van der Waals surface area contributed by atoms with Gasteiger partial charge in [-0.2, -0.15) is 0 Å². The molecule has 2 rings (SSSR count). The van der Waals surface area contributed by atoms with Gasteiger partial charge in [0.05, 0.1) is 16.4 Å². The van der Waals surface area contributed by atoms with Crippen molar-refractivity contribution >= 4 is 16.6 Å². The van der Waals surface area contributed by atoms with Gasteiger partial charge in [-0.25, -0.2) is 0 Å². The molecule has 0 aliphatic rings. The minimum absolute atomic E-state index is 0.0506. The number of non-ortho nitro benzene ring substituents is 1. The second kappa shape index (κ2) is 5.00. The van der Waals surface area contributed by atoms with Gasteiger partial charge in [-0.3, -0.25) is 15.1 Å². The molecule has 0 radical (unpaired) electrons. The molecule has 0 bridgehead atoms. The molecule has 0 aliphatic carbocycles. The fourth-order valence-electron chi connectivity index (χ4n) is 1.69. The Morgan fingerprint density at radius 3 is 2.89 bits per heavy atom. The molecule has 0 amide bonds. The summed E-state index contributed by atoms with van der Waals surface area (Å²) >= 11 is 0. The molecule has 0 unspecified atom stereocenters. The zero-order valence-electron chi connectivity index (χ0n) is 10.3. The standard InChI is InChI=1S/C13H14N2O3/c1-3-9(2)18-12-7-6-11(15(16)17)10-5-4-8-14-13(10)12/h4-9H,3H2,1-2H3/t9-/m1/s1. The molecule has 1 aromatic heterocycles. The summed E-state index contributed by atoms with van der Waals surface area (Å²) in [5, 5.41) is 11.4. The number of nitrogens with zero attached hydrogens (tertiary/aromatic N) is 2. The molecule has 0 N–H and O–H groups in total. The van der Waals surface area contributed by atoms with Crippen LogP contribution in [0.1, 0.15) is 20.3 Å². The van der Waals surface area contributed by atoms with E-state index in [9.17, 15) is 10.1 Å². The van der Waals surface area contributed by atoms with Crippen LogP contribution in [0.15, 0.2) is 30.5 Å². The van der Waals surface area contributed by atoms with Gasteiger partial charge in [-0.15, -0.1) is 0 Å². The van der Waals surface area contributed by atoms with Gasteiger partial charge in [0, 0.05) is 12.3 Å². The number of benzene rings is 1. The SMILES string of the molecule is CC[C@@H](C)Oc1ccc([N+](=O)[O-])c2cccnc12. The van der Waals surface area contributed by atoms with Crippen molar-refractivity contribution in [2.75, 3.05) is 0 Å². The van der Waals surface area contributed by atoms with Crippen LogP contribution in [0.25, 0.3) is 10.9 Å². The van der Waals surface area contributed by atoms with E-state index in [0.717, 1.165) is 6.42 Å². The Bertz CT molecular complexity index is 583. The summed E-state index contributed by atoms with van der Waals surface area (Å²) in [5.74, 6) is 0.588. The van der Waals surface area contributed by atoms with E-state index < -0.39 is 4.92 Å². The van der Waals surface area contributed by atoms with Gasteiger partial charge in [-0.05, 0) is 31.5 Å². The Labute approximate surface area is 105 Å². The van der Waals surface area contributed by atoms with E-state index in [1.807, 2.05) is 13.8 Å². The number of ether oxygens (including phenoxy) is 1. The summed E-state index contributed by atoms with van der Waals surface area (Å²) in [6.45, 7) is 3.97. The fraction of sp³-hybridized carbons (Fsp3) is 0.308. The van der Waals surface area contributed by atoms with Crippen molar-refractivity contribution in [1.29, 1.82) is 0 Å². The molecule has 0 saturated carbocycles. The number of fused-ring (bicyclic) bond motifs is 1. The largest absolute Gasteiger partial charge is 0.488 e. The van der Waals surface area contributed by atoms with Crippen molar-refractivity contribution in [3.8, 4) is 5.75 Å². The average Bonchev–Trinajstić information content (AvgIpc) is 2.38. The predicted molar refractivity (Wildman–Crippen MR) is 68.8 cm³/mol. The molecular weight excluding hydrogens is 232 g/mol. The van der Waals surface area contributed by atoms with Gasteiger partial charge in [0.1, 0.15) is 11.3 Å². The van der Waals surface area contributed by atoms with Gasteiger partial charge in [0.25, 0.3) is 5.69 Å². The molecule has 0 aliphatic heterocycles. The van der Waals surface area contributed by atoms with Crippen LogP contribution in [0.2, 0.25) is 0 Å². The first-order chi connectivity index (χ1) is 8.63. The second-order valence-corrected chi connectivity index (χ2v) is 4.08. The molecule has 0 fully saturated rings. The summed E-state index contributed by atoms with van der Waals surface area (Å²) in [5.41, 5.74) is 0.585. The van der Waals surface area contributed by atoms with Gasteiger partial charge in [0.2, 0.25) is 0 Å². The van der Waals surface area contributed by atoms with Gasteiger partial charge >= 0.3 is 0 Å². The lowest BCUT2D eigenvalue weighted by Gasteiger charge is -2.13. The lowest BCUT2D eigenvalue weighted by atomic mass is 10.1. The van der Waals surface area contributed by atoms with Crippen molar-refractivity contribution < 1.29 is 9.66 Å². The third kappa shape index (κ3) is 2.25. The topological polar surface area (TPSA) is 65.3 Å². The summed E-state index contributed by atoms with van der Waals surface area (Å²) in [6, 6.07) is 6.44. The average molecular weight is 246 g/mol. The van der Waals surface area contributed by atoms with Crippen molar-refractivity contribution in [3.63, 3.8) is 0 Å². The van der Waals surface area contributed by atoms with Gasteiger partial charge in [0.15, 0.2) is 0 Å². The number of aromatic nitrogens is 1. The van der Waals surface area contributed by atoms with E-state index in [1.54, 1.807) is 24.4 Å². The number of hydrogen-bond acceptors (Lipinski definition) is 4. The molecule has 1 heterocycles. The number of nitro groups is 1. The van der Waals surface area contributed by atoms with Crippen LogP contribution >= 0.6 is 0 Å². The second-order valence-electron chi connectivity index (χ2n) is 4.08. The number of hydrogen-bond donors (Lipinski definition) is 0. The maximum absolute atomic E-state index is 10.9. The summed E-state index contributed by atoms with van der Waals surface area (Å²) < 4.78 is 5.73. The van der Waals surface area contributed by atoms with Crippen LogP contribution in [0, 0.1) is 10.1 Å².